The van der Waals surface area contributed by atoms with E-state index in [-0.39, 0.29) is 23.7 Å². The lowest BCUT2D eigenvalue weighted by Gasteiger charge is -2.41. The van der Waals surface area contributed by atoms with Gasteiger partial charge in [0.25, 0.3) is 0 Å². The molecule has 4 aromatic carbocycles. The van der Waals surface area contributed by atoms with Crippen LogP contribution in [0.3, 0.4) is 0 Å². The van der Waals surface area contributed by atoms with Crippen LogP contribution in [0.4, 0.5) is 0 Å². The van der Waals surface area contributed by atoms with E-state index in [1.807, 2.05) is 6.07 Å². The Hall–Kier alpha value is -2.76. The van der Waals surface area contributed by atoms with E-state index < -0.39 is 0 Å². The number of fused-ring (bicyclic) bond motifs is 7. The normalized spacial score (nSPS) is 20.8. The molecule has 0 N–H and O–H groups in total. The third kappa shape index (κ3) is 3.95. The average Bonchev–Trinajstić information content (AvgIpc) is 3.22. The molecule has 1 unspecified atom stereocenters. The lowest BCUT2D eigenvalue weighted by molar-refractivity contribution is 0.388. The van der Waals surface area contributed by atoms with Gasteiger partial charge in [0.2, 0.25) is 0 Å². The second-order valence-corrected chi connectivity index (χ2v) is 12.4. The first-order valence-electron chi connectivity index (χ1n) is 13.2. The number of benzene rings is 4. The van der Waals surface area contributed by atoms with Crippen LogP contribution in [0.1, 0.15) is 73.7 Å². The highest BCUT2D eigenvalue weighted by Crippen LogP contribution is 2.70. The van der Waals surface area contributed by atoms with Gasteiger partial charge in [0.1, 0.15) is 17.2 Å². The fourth-order valence-corrected chi connectivity index (χ4v) is 8.48. The summed E-state index contributed by atoms with van der Waals surface area (Å²) in [6, 6.07) is 22.1. The van der Waals surface area contributed by atoms with Crippen molar-refractivity contribution in [2.24, 2.45) is 0 Å². The molecular formula is C34H32Br2O3. The number of methoxy groups -OCH3 is 3. The number of halogens is 2. The molecule has 39 heavy (non-hydrogen) atoms. The van der Waals surface area contributed by atoms with E-state index in [9.17, 15) is 0 Å². The minimum atomic E-state index is 0.111. The van der Waals surface area contributed by atoms with Crippen molar-refractivity contribution in [2.75, 3.05) is 21.3 Å². The van der Waals surface area contributed by atoms with Gasteiger partial charge in [-0.1, -0.05) is 64.0 Å². The van der Waals surface area contributed by atoms with E-state index in [1.165, 1.54) is 54.5 Å². The van der Waals surface area contributed by atoms with Gasteiger partial charge in [-0.3, -0.25) is 0 Å². The predicted octanol–water partition coefficient (Wildman–Crippen LogP) is 9.32. The molecule has 6 rings (SSSR count). The Morgan fingerprint density at radius 2 is 1.18 bits per heavy atom. The van der Waals surface area contributed by atoms with E-state index in [0.717, 1.165) is 21.7 Å². The lowest BCUT2D eigenvalue weighted by Crippen LogP contribution is -2.27. The summed E-state index contributed by atoms with van der Waals surface area (Å²) >= 11 is 8.09. The van der Waals surface area contributed by atoms with Gasteiger partial charge >= 0.3 is 0 Å². The molecule has 0 heterocycles. The summed E-state index contributed by atoms with van der Waals surface area (Å²) in [4.78, 5) is 0. The molecule has 5 heteroatoms. The first kappa shape index (κ1) is 26.5. The molecule has 2 bridgehead atoms. The largest absolute Gasteiger partial charge is 0.497 e. The topological polar surface area (TPSA) is 27.7 Å². The average molecular weight is 648 g/mol. The Balaban J connectivity index is 1.77. The lowest BCUT2D eigenvalue weighted by atomic mass is 9.62. The predicted molar refractivity (Wildman–Crippen MR) is 164 cm³/mol. The Kier molecular flexibility index (Phi) is 6.79. The van der Waals surface area contributed by atoms with Crippen LogP contribution in [0.15, 0.2) is 69.6 Å². The molecule has 3 nitrogen and oxygen atoms in total. The second kappa shape index (κ2) is 10.0. The van der Waals surface area contributed by atoms with Crippen LogP contribution in [0.5, 0.6) is 17.2 Å². The van der Waals surface area contributed by atoms with Gasteiger partial charge in [-0.25, -0.2) is 0 Å². The van der Waals surface area contributed by atoms with Gasteiger partial charge < -0.3 is 14.2 Å². The molecule has 0 aliphatic heterocycles. The number of hydrogen-bond acceptors (Lipinski definition) is 3. The Morgan fingerprint density at radius 3 is 1.79 bits per heavy atom. The van der Waals surface area contributed by atoms with Crippen LogP contribution in [0.2, 0.25) is 0 Å². The van der Waals surface area contributed by atoms with E-state index in [4.69, 9.17) is 14.2 Å². The van der Waals surface area contributed by atoms with Gasteiger partial charge in [-0.15, -0.1) is 0 Å². The van der Waals surface area contributed by atoms with Gasteiger partial charge in [-0.2, -0.15) is 0 Å². The highest BCUT2D eigenvalue weighted by atomic mass is 79.9. The number of hydrogen-bond donors (Lipinski definition) is 0. The summed E-state index contributed by atoms with van der Waals surface area (Å²) in [5, 5.41) is 0. The molecule has 0 radical (unpaired) electrons. The van der Waals surface area contributed by atoms with Crippen molar-refractivity contribution in [3.63, 3.8) is 0 Å². The summed E-state index contributed by atoms with van der Waals surface area (Å²) in [6.45, 7) is 6.62. The zero-order valence-electron chi connectivity index (χ0n) is 23.1. The highest BCUT2D eigenvalue weighted by Gasteiger charge is 2.55. The third-order valence-electron chi connectivity index (χ3n) is 8.75. The maximum absolute atomic E-state index is 6.12. The second-order valence-electron chi connectivity index (χ2n) is 10.8. The highest BCUT2D eigenvalue weighted by molar-refractivity contribution is 9.11. The molecule has 0 spiro atoms. The molecule has 0 saturated heterocycles. The summed E-state index contributed by atoms with van der Waals surface area (Å²) in [5.41, 5.74) is 11.8. The van der Waals surface area contributed by atoms with Gasteiger partial charge in [0, 0.05) is 39.8 Å². The molecule has 0 fully saturated rings. The number of rotatable bonds is 5. The zero-order chi connectivity index (χ0) is 27.6. The number of aryl methyl sites for hydroxylation is 3. The van der Waals surface area contributed by atoms with Crippen LogP contribution in [-0.4, -0.2) is 21.3 Å². The third-order valence-corrected chi connectivity index (χ3v) is 10.6. The Labute approximate surface area is 247 Å². The van der Waals surface area contributed by atoms with Gasteiger partial charge in [0.15, 0.2) is 0 Å². The molecule has 0 aromatic heterocycles. The van der Waals surface area contributed by atoms with Crippen LogP contribution in [0.25, 0.3) is 0 Å². The molecule has 2 aliphatic rings. The summed E-state index contributed by atoms with van der Waals surface area (Å²) in [6.07, 6.45) is 0. The molecule has 0 amide bonds. The van der Waals surface area contributed by atoms with Crippen LogP contribution < -0.4 is 14.2 Å². The van der Waals surface area contributed by atoms with Crippen molar-refractivity contribution in [2.45, 2.75) is 44.4 Å². The van der Waals surface area contributed by atoms with Gasteiger partial charge in [0.05, 0.1) is 25.8 Å². The minimum Gasteiger partial charge on any atom is -0.497 e. The molecule has 200 valence electrons. The molecule has 0 saturated carbocycles. The van der Waals surface area contributed by atoms with E-state index in [2.05, 4.69) is 107 Å². The molecule has 2 aliphatic carbocycles. The summed E-state index contributed by atoms with van der Waals surface area (Å²) in [7, 11) is 5.21. The van der Waals surface area contributed by atoms with E-state index in [1.54, 1.807) is 21.3 Å². The van der Waals surface area contributed by atoms with Crippen molar-refractivity contribution in [1.82, 2.24) is 0 Å². The van der Waals surface area contributed by atoms with Crippen LogP contribution in [-0.2, 0) is 0 Å². The number of ether oxygens (including phenoxy) is 3. The standard InChI is InChI=1S/C34H32Br2O3/c1-17-7-9-20(10-8-17)26-25-18(2)15-19(3)33(35)31(25)30-27(21-11-13-22(37-4)14-12-21)29(26)32-28(30)23(38-5)16-24(39-6)34(32)36/h7-16,26-27,29-30H,1-6H3/t26-,27-,29-,30?/m0/s1. The van der Waals surface area contributed by atoms with E-state index in [0.29, 0.717) is 0 Å². The zero-order valence-corrected chi connectivity index (χ0v) is 26.2. The minimum absolute atomic E-state index is 0.111. The maximum atomic E-state index is 6.12. The fourth-order valence-electron chi connectivity index (χ4n) is 7.15. The maximum Gasteiger partial charge on any atom is 0.137 e. The summed E-state index contributed by atoms with van der Waals surface area (Å²) in [5.74, 6) is 3.15. The van der Waals surface area contributed by atoms with E-state index >= 15 is 0 Å². The van der Waals surface area contributed by atoms with Crippen LogP contribution >= 0.6 is 31.9 Å². The van der Waals surface area contributed by atoms with Crippen molar-refractivity contribution in [3.8, 4) is 17.2 Å². The Morgan fingerprint density at radius 1 is 0.538 bits per heavy atom. The monoisotopic (exact) mass is 646 g/mol. The van der Waals surface area contributed by atoms with Crippen molar-refractivity contribution in [3.05, 3.63) is 120 Å². The van der Waals surface area contributed by atoms with Crippen molar-refractivity contribution in [1.29, 1.82) is 0 Å². The smallest absolute Gasteiger partial charge is 0.137 e. The van der Waals surface area contributed by atoms with Crippen molar-refractivity contribution >= 4 is 31.9 Å². The van der Waals surface area contributed by atoms with Gasteiger partial charge in [-0.05, 0) is 87.8 Å². The summed E-state index contributed by atoms with van der Waals surface area (Å²) < 4.78 is 19.7. The molecule has 4 atom stereocenters. The molecule has 4 aromatic rings. The fraction of sp³-hybridized carbons (Fsp3) is 0.294. The Bertz CT molecular complexity index is 1570. The first-order chi connectivity index (χ1) is 18.8. The SMILES string of the molecule is COc1ccc([C@@H]2C3c4c(Br)c(C)cc(C)c4[C@H](c4ccc(C)cc4)[C@@H]2c2c(Br)c(OC)cc(OC)c23)cc1. The first-order valence-corrected chi connectivity index (χ1v) is 14.8. The van der Waals surface area contributed by atoms with Crippen LogP contribution in [0, 0.1) is 20.8 Å². The van der Waals surface area contributed by atoms with Crippen molar-refractivity contribution < 1.29 is 14.2 Å². The quantitative estimate of drug-likeness (QED) is 0.216. The molecular weight excluding hydrogens is 616 g/mol.